The minimum absolute atomic E-state index is 0.127. The number of rotatable bonds is 18. The molecule has 4 aromatic heterocycles. The summed E-state index contributed by atoms with van der Waals surface area (Å²) in [6, 6.07) is 11.4. The number of nitrogens with one attached hydrogen (secondary N) is 4. The zero-order chi connectivity index (χ0) is 43.1. The summed E-state index contributed by atoms with van der Waals surface area (Å²) in [6.07, 6.45) is 4.21. The Balaban J connectivity index is 0.799. The van der Waals surface area contributed by atoms with Crippen molar-refractivity contribution in [1.82, 2.24) is 40.1 Å². The zero-order valence-electron chi connectivity index (χ0n) is 35.7. The molecule has 16 nitrogen and oxygen atoms in total. The summed E-state index contributed by atoms with van der Waals surface area (Å²) in [7, 11) is 0. The summed E-state index contributed by atoms with van der Waals surface area (Å²) in [6.45, 7) is 15.0. The van der Waals surface area contributed by atoms with Gasteiger partial charge in [-0.1, -0.05) is 17.8 Å². The number of piperidine rings is 1. The third-order valence-electron chi connectivity index (χ3n) is 12.0. The first-order valence-corrected chi connectivity index (χ1v) is 21.5. The summed E-state index contributed by atoms with van der Waals surface area (Å²) in [5, 5.41) is 20.5. The summed E-state index contributed by atoms with van der Waals surface area (Å²) >= 11 is 0. The van der Waals surface area contributed by atoms with E-state index in [1.807, 2.05) is 30.7 Å². The quantitative estimate of drug-likeness (QED) is 0.0496. The number of fused-ring (bicyclic) bond motifs is 4. The number of amides is 2. The van der Waals surface area contributed by atoms with Crippen LogP contribution in [-0.2, 0) is 27.4 Å². The van der Waals surface area contributed by atoms with Crippen LogP contribution >= 0.6 is 0 Å². The molecule has 6 heterocycles. The van der Waals surface area contributed by atoms with Crippen molar-refractivity contribution in [2.45, 2.75) is 91.3 Å². The number of carbonyl (C=O) groups is 3. The molecule has 1 saturated carbocycles. The molecule has 2 fully saturated rings. The minimum atomic E-state index is -0.504. The van der Waals surface area contributed by atoms with Crippen molar-refractivity contribution in [3.05, 3.63) is 88.3 Å². The van der Waals surface area contributed by atoms with Gasteiger partial charge >= 0.3 is 0 Å². The fraction of sp³-hybridized carbons (Fsp3) is 0.413. The molecule has 1 atom stereocenters. The highest BCUT2D eigenvalue weighted by Gasteiger charge is 2.39. The first kappa shape index (κ1) is 41.0. The highest BCUT2D eigenvalue weighted by Crippen LogP contribution is 2.42. The van der Waals surface area contributed by atoms with Gasteiger partial charge in [-0.3, -0.25) is 14.4 Å². The number of benzene rings is 2. The number of carbonyl (C=O) groups excluding carboxylic acids is 3. The first-order valence-electron chi connectivity index (χ1n) is 21.5. The van der Waals surface area contributed by atoms with Gasteiger partial charge in [0.1, 0.15) is 29.1 Å². The number of hydrogen-bond donors (Lipinski definition) is 4. The Morgan fingerprint density at radius 1 is 1.02 bits per heavy atom. The van der Waals surface area contributed by atoms with Gasteiger partial charge in [0.2, 0.25) is 5.91 Å². The molecule has 6 aromatic rings. The molecule has 9 rings (SSSR count). The van der Waals surface area contributed by atoms with Crippen molar-refractivity contribution in [2.75, 3.05) is 43.6 Å². The molecule has 16 heteroatoms. The van der Waals surface area contributed by atoms with E-state index in [1.54, 1.807) is 11.0 Å². The lowest BCUT2D eigenvalue weighted by Crippen LogP contribution is -2.49. The van der Waals surface area contributed by atoms with Gasteiger partial charge in [0.25, 0.3) is 5.91 Å². The molecule has 0 spiro atoms. The zero-order valence-corrected chi connectivity index (χ0v) is 35.7. The molecular weight excluding hydrogens is 789 g/mol. The number of H-pyrrole nitrogens is 1. The van der Waals surface area contributed by atoms with E-state index in [2.05, 4.69) is 64.7 Å². The molecule has 322 valence electrons. The Morgan fingerprint density at radius 2 is 1.84 bits per heavy atom. The van der Waals surface area contributed by atoms with E-state index in [9.17, 15) is 14.4 Å². The summed E-state index contributed by atoms with van der Waals surface area (Å²) in [4.78, 5) is 54.2. The summed E-state index contributed by atoms with van der Waals surface area (Å²) < 4.78 is 19.1. The predicted octanol–water partition coefficient (Wildman–Crippen LogP) is 7.39. The number of Topliss-reactive ketones (excluding diaryl/α,β-unsaturated/α-hetero) is 1. The van der Waals surface area contributed by atoms with E-state index in [4.69, 9.17) is 29.1 Å². The van der Waals surface area contributed by atoms with Gasteiger partial charge in [0.05, 0.1) is 36.6 Å². The average molecular weight is 841 g/mol. The van der Waals surface area contributed by atoms with Crippen LogP contribution in [0.15, 0.2) is 53.2 Å². The van der Waals surface area contributed by atoms with Crippen LogP contribution in [0.1, 0.15) is 101 Å². The number of nitrogens with zero attached hydrogens (tertiary/aromatic N) is 6. The summed E-state index contributed by atoms with van der Waals surface area (Å²) in [5.41, 5.74) is 9.39. The topological polar surface area (TPSA) is 194 Å². The van der Waals surface area contributed by atoms with E-state index in [-0.39, 0.29) is 29.8 Å². The third-order valence-corrected chi connectivity index (χ3v) is 12.0. The molecule has 2 aliphatic heterocycles. The second kappa shape index (κ2) is 17.2. The standard InChI is InChI=1S/C46H52N10O6/c1-6-56-39(23-35(53-56)29-13-14-29)50-44-41-32-21-25(2)31(40-27(4)54-62-28(40)5)22-36(32)49-43(41)51-42(52-44)38(57)11-8-17-60-19-20-61-18-16-47-34-10-7-9-30-33(34)24-55(46(30)59)37-15-12-26(3)48-45(37)58/h7,9-10,21-23,29,37,47H,3,6,8,11-20,24H2,1-2,4-5H3,(H,48,58)(H2,49,50,51,52). The second-order valence-electron chi connectivity index (χ2n) is 16.4. The SMILES string of the molecule is C=C1CCC(N2Cc3c(NCCOCCOCCCC(=O)c4nc(Nc5cc(C6CC6)nn5CC)c5c(n4)[nH]c4cc(-c6c(C)noc6C)c(C)cc45)cccc3C2=O)C(=O)N1. The highest BCUT2D eigenvalue weighted by atomic mass is 16.5. The van der Waals surface area contributed by atoms with Crippen molar-refractivity contribution in [3.63, 3.8) is 0 Å². The molecule has 2 aromatic carbocycles. The van der Waals surface area contributed by atoms with Gasteiger partial charge in [-0.2, -0.15) is 5.10 Å². The van der Waals surface area contributed by atoms with Gasteiger partial charge in [-0.25, -0.2) is 14.6 Å². The van der Waals surface area contributed by atoms with E-state index in [0.717, 1.165) is 80.0 Å². The van der Waals surface area contributed by atoms with Crippen LogP contribution in [-0.4, -0.2) is 91.4 Å². The number of aryl methyl sites for hydroxylation is 4. The van der Waals surface area contributed by atoms with Crippen molar-refractivity contribution in [2.24, 2.45) is 0 Å². The van der Waals surface area contributed by atoms with Gasteiger partial charge in [-0.05, 0) is 95.2 Å². The van der Waals surface area contributed by atoms with Crippen molar-refractivity contribution in [1.29, 1.82) is 0 Å². The van der Waals surface area contributed by atoms with Crippen LogP contribution in [0.2, 0.25) is 0 Å². The molecule has 0 bridgehead atoms. The van der Waals surface area contributed by atoms with Gasteiger partial charge in [0.15, 0.2) is 11.6 Å². The van der Waals surface area contributed by atoms with Gasteiger partial charge in [-0.15, -0.1) is 0 Å². The number of aromatic nitrogens is 6. The monoisotopic (exact) mass is 840 g/mol. The molecule has 2 amide bonds. The maximum Gasteiger partial charge on any atom is 0.255 e. The second-order valence-corrected chi connectivity index (χ2v) is 16.4. The minimum Gasteiger partial charge on any atom is -0.382 e. The van der Waals surface area contributed by atoms with Gasteiger partial charge < -0.3 is 39.8 Å². The summed E-state index contributed by atoms with van der Waals surface area (Å²) in [5.74, 6) is 2.23. The largest absolute Gasteiger partial charge is 0.382 e. The lowest BCUT2D eigenvalue weighted by atomic mass is 9.97. The number of ketones is 1. The molecule has 1 aliphatic carbocycles. The van der Waals surface area contributed by atoms with Gasteiger partial charge in [0, 0.05) is 83.6 Å². The van der Waals surface area contributed by atoms with Crippen molar-refractivity contribution >= 4 is 56.9 Å². The van der Waals surface area contributed by atoms with E-state index in [0.29, 0.717) is 94.0 Å². The van der Waals surface area contributed by atoms with Crippen molar-refractivity contribution < 1.29 is 28.4 Å². The Hall–Kier alpha value is -6.39. The fourth-order valence-corrected chi connectivity index (χ4v) is 8.64. The number of aromatic amines is 1. The maximum atomic E-state index is 13.7. The highest BCUT2D eigenvalue weighted by molar-refractivity contribution is 6.13. The van der Waals surface area contributed by atoms with Crippen LogP contribution in [0.3, 0.4) is 0 Å². The molecule has 0 radical (unpaired) electrons. The smallest absolute Gasteiger partial charge is 0.255 e. The maximum absolute atomic E-state index is 13.7. The Bertz CT molecular complexity index is 2710. The van der Waals surface area contributed by atoms with Crippen LogP contribution in [0, 0.1) is 20.8 Å². The predicted molar refractivity (Wildman–Crippen MR) is 235 cm³/mol. The third kappa shape index (κ3) is 8.07. The Kier molecular flexibility index (Phi) is 11.4. The Labute approximate surface area is 358 Å². The van der Waals surface area contributed by atoms with Crippen LogP contribution in [0.4, 0.5) is 17.3 Å². The van der Waals surface area contributed by atoms with E-state index in [1.165, 1.54) is 0 Å². The Morgan fingerprint density at radius 3 is 2.60 bits per heavy atom. The van der Waals surface area contributed by atoms with Crippen LogP contribution in [0.25, 0.3) is 33.1 Å². The van der Waals surface area contributed by atoms with Crippen LogP contribution < -0.4 is 16.0 Å². The van der Waals surface area contributed by atoms with Crippen molar-refractivity contribution in [3.8, 4) is 11.1 Å². The average Bonchev–Trinajstić information content (AvgIpc) is 3.64. The molecule has 4 N–H and O–H groups in total. The first-order chi connectivity index (χ1) is 30.1. The van der Waals surface area contributed by atoms with E-state index >= 15 is 0 Å². The molecule has 3 aliphatic rings. The fourth-order valence-electron chi connectivity index (χ4n) is 8.64. The lowest BCUT2D eigenvalue weighted by molar-refractivity contribution is -0.126. The number of ether oxygens (including phenoxy) is 2. The molecule has 1 saturated heterocycles. The molecule has 62 heavy (non-hydrogen) atoms. The number of anilines is 3. The number of hydrogen-bond acceptors (Lipinski definition) is 12. The normalized spacial score (nSPS) is 16.4. The number of allylic oxidation sites excluding steroid dienone is 1. The lowest BCUT2D eigenvalue weighted by Gasteiger charge is -2.31. The van der Waals surface area contributed by atoms with E-state index < -0.39 is 6.04 Å². The van der Waals surface area contributed by atoms with Crippen LogP contribution in [0.5, 0.6) is 0 Å². The molecular formula is C46H52N10O6. The molecule has 1 unspecified atom stereocenters.